The molecule has 262 valence electrons. The largest absolute Gasteiger partial charge is 0.508 e. The van der Waals surface area contributed by atoms with Crippen LogP contribution in [0.1, 0.15) is 64.7 Å². The van der Waals surface area contributed by atoms with Crippen molar-refractivity contribution in [2.45, 2.75) is 70.3 Å². The maximum absolute atomic E-state index is 12.9. The predicted octanol–water partition coefficient (Wildman–Crippen LogP) is 0.966. The molecule has 15 heteroatoms. The van der Waals surface area contributed by atoms with E-state index in [1.165, 1.54) is 12.1 Å². The Bertz CT molecular complexity index is 1130. The third-order valence-electron chi connectivity index (χ3n) is 6.53. The van der Waals surface area contributed by atoms with Gasteiger partial charge in [-0.15, -0.1) is 0 Å². The minimum atomic E-state index is -1.24. The van der Waals surface area contributed by atoms with E-state index < -0.39 is 5.54 Å². The third-order valence-corrected chi connectivity index (χ3v) is 6.53. The van der Waals surface area contributed by atoms with Crippen molar-refractivity contribution in [3.63, 3.8) is 0 Å². The van der Waals surface area contributed by atoms with E-state index in [9.17, 15) is 38.7 Å². The van der Waals surface area contributed by atoms with Crippen molar-refractivity contribution in [1.29, 1.82) is 0 Å². The van der Waals surface area contributed by atoms with Gasteiger partial charge in [-0.05, 0) is 30.7 Å². The highest BCUT2D eigenvalue weighted by Gasteiger charge is 2.34. The quantitative estimate of drug-likeness (QED) is 0.0483. The van der Waals surface area contributed by atoms with Crippen molar-refractivity contribution in [1.82, 2.24) is 16.0 Å². The van der Waals surface area contributed by atoms with Gasteiger partial charge >= 0.3 is 0 Å². The van der Waals surface area contributed by atoms with Gasteiger partial charge in [0, 0.05) is 70.1 Å². The highest BCUT2D eigenvalue weighted by molar-refractivity contribution is 5.91. The van der Waals surface area contributed by atoms with Crippen LogP contribution in [0, 0.1) is 0 Å². The summed E-state index contributed by atoms with van der Waals surface area (Å²) in [6, 6.07) is 5.97. The zero-order valence-corrected chi connectivity index (χ0v) is 27.0. The fourth-order valence-electron chi connectivity index (χ4n) is 4.01. The summed E-state index contributed by atoms with van der Waals surface area (Å²) in [5.74, 6) is -1.27. The van der Waals surface area contributed by atoms with Crippen molar-refractivity contribution >= 4 is 47.7 Å². The number of nitrogens with one attached hydrogen (secondary N) is 4. The number of phenolic OH excluding ortho intramolecular Hbond substituents is 1. The first-order valence-electron chi connectivity index (χ1n) is 15.7. The van der Waals surface area contributed by atoms with Crippen molar-refractivity contribution < 1.29 is 52.9 Å². The number of hydrogen-bond acceptors (Lipinski definition) is 11. The van der Waals surface area contributed by atoms with Crippen LogP contribution in [0.15, 0.2) is 24.3 Å². The molecule has 1 atom stereocenters. The molecular formula is C32H48N4O11. The molecule has 0 aliphatic heterocycles. The number of ketones is 1. The third kappa shape index (κ3) is 20.5. The Morgan fingerprint density at radius 3 is 1.85 bits per heavy atom. The molecule has 0 saturated carbocycles. The first-order chi connectivity index (χ1) is 22.6. The van der Waals surface area contributed by atoms with Crippen LogP contribution in [-0.4, -0.2) is 105 Å². The van der Waals surface area contributed by atoms with Crippen LogP contribution in [0.25, 0.3) is 0 Å². The molecule has 1 rings (SSSR count). The summed E-state index contributed by atoms with van der Waals surface area (Å²) in [4.78, 5) is 82.3. The molecule has 4 amide bonds. The zero-order valence-electron chi connectivity index (χ0n) is 27.0. The molecule has 0 saturated heterocycles. The Morgan fingerprint density at radius 2 is 1.28 bits per heavy atom. The maximum atomic E-state index is 12.9. The van der Waals surface area contributed by atoms with E-state index in [1.54, 1.807) is 19.1 Å². The Hall–Kier alpha value is -4.21. The van der Waals surface area contributed by atoms with Crippen LogP contribution >= 0.6 is 0 Å². The average Bonchev–Trinajstić information content (AvgIpc) is 3.04. The summed E-state index contributed by atoms with van der Waals surface area (Å²) in [5.41, 5.74) is -0.736. The topological polar surface area (TPSA) is 216 Å². The average molecular weight is 665 g/mol. The molecule has 0 aromatic heterocycles. The van der Waals surface area contributed by atoms with Gasteiger partial charge in [-0.1, -0.05) is 6.92 Å². The van der Waals surface area contributed by atoms with Crippen LogP contribution < -0.4 is 21.3 Å². The lowest BCUT2D eigenvalue weighted by atomic mass is 10.0. The number of phenols is 1. The number of anilines is 1. The number of aromatic hydroxyl groups is 1. The minimum absolute atomic E-state index is 0.00199. The summed E-state index contributed by atoms with van der Waals surface area (Å²) in [6.07, 6.45) is 2.72. The zero-order chi connectivity index (χ0) is 34.8. The Morgan fingerprint density at radius 1 is 0.702 bits per heavy atom. The van der Waals surface area contributed by atoms with Crippen molar-refractivity contribution in [2.75, 3.05) is 58.0 Å². The lowest BCUT2D eigenvalue weighted by molar-refractivity contribution is -0.130. The van der Waals surface area contributed by atoms with E-state index in [4.69, 9.17) is 14.2 Å². The Kier molecular flexibility index (Phi) is 21.7. The molecule has 0 spiro atoms. The van der Waals surface area contributed by atoms with Crippen LogP contribution in [0.5, 0.6) is 5.75 Å². The Balaban J connectivity index is 2.72. The van der Waals surface area contributed by atoms with Gasteiger partial charge in [0.15, 0.2) is 0 Å². The fourth-order valence-corrected chi connectivity index (χ4v) is 4.01. The summed E-state index contributed by atoms with van der Waals surface area (Å²) in [6.45, 7) is 1.71. The number of rotatable bonds is 28. The number of carbonyl (C=O) groups is 7. The van der Waals surface area contributed by atoms with E-state index in [2.05, 4.69) is 21.3 Å². The van der Waals surface area contributed by atoms with Gasteiger partial charge in [0.25, 0.3) is 0 Å². The minimum Gasteiger partial charge on any atom is -0.508 e. The van der Waals surface area contributed by atoms with Crippen LogP contribution in [-0.2, 0) is 47.8 Å². The molecule has 5 N–H and O–H groups in total. The molecule has 1 aromatic rings. The van der Waals surface area contributed by atoms with Crippen LogP contribution in [0.2, 0.25) is 0 Å². The Labute approximate surface area is 274 Å². The fraction of sp³-hybridized carbons (Fsp3) is 0.594. The van der Waals surface area contributed by atoms with E-state index in [-0.39, 0.29) is 133 Å². The van der Waals surface area contributed by atoms with Gasteiger partial charge in [0.2, 0.25) is 23.6 Å². The lowest BCUT2D eigenvalue weighted by Crippen LogP contribution is -2.58. The summed E-state index contributed by atoms with van der Waals surface area (Å²) < 4.78 is 17.2. The summed E-state index contributed by atoms with van der Waals surface area (Å²) in [5, 5.41) is 20.1. The van der Waals surface area contributed by atoms with Gasteiger partial charge in [-0.25, -0.2) is 0 Å². The monoisotopic (exact) mass is 664 g/mol. The van der Waals surface area contributed by atoms with E-state index >= 15 is 0 Å². The molecule has 0 heterocycles. The second-order valence-electron chi connectivity index (χ2n) is 10.7. The van der Waals surface area contributed by atoms with Crippen molar-refractivity contribution in [2.24, 2.45) is 0 Å². The van der Waals surface area contributed by atoms with Gasteiger partial charge in [-0.2, -0.15) is 0 Å². The first kappa shape index (κ1) is 40.8. The van der Waals surface area contributed by atoms with E-state index in [0.29, 0.717) is 31.1 Å². The van der Waals surface area contributed by atoms with Crippen LogP contribution in [0.3, 0.4) is 0 Å². The summed E-state index contributed by atoms with van der Waals surface area (Å²) in [7, 11) is 0. The molecule has 0 aliphatic carbocycles. The number of ether oxygens (including phenoxy) is 3. The number of benzene rings is 1. The predicted molar refractivity (Wildman–Crippen MR) is 170 cm³/mol. The van der Waals surface area contributed by atoms with E-state index in [1.807, 2.05) is 0 Å². The molecule has 0 bridgehead atoms. The van der Waals surface area contributed by atoms with E-state index in [0.717, 1.165) is 0 Å². The second kappa shape index (κ2) is 25.0. The molecule has 0 radical (unpaired) electrons. The second-order valence-corrected chi connectivity index (χ2v) is 10.7. The molecule has 1 unspecified atom stereocenters. The van der Waals surface area contributed by atoms with Crippen molar-refractivity contribution in [3.8, 4) is 5.75 Å². The number of carbonyl (C=O) groups excluding carboxylic acids is 7. The van der Waals surface area contributed by atoms with Gasteiger partial charge in [0.05, 0.1) is 39.6 Å². The SMILES string of the molecule is CCC(=O)CCCC(=O)NC(COCCC=O)(COCCC(=O)NCCC=O)COCCC(=O)NCCC(=O)Nc1ccc(O)cc1. The van der Waals surface area contributed by atoms with Gasteiger partial charge < -0.3 is 50.2 Å². The molecule has 0 fully saturated rings. The lowest BCUT2D eigenvalue weighted by Gasteiger charge is -2.34. The molecular weight excluding hydrogens is 616 g/mol. The van der Waals surface area contributed by atoms with Gasteiger partial charge in [0.1, 0.15) is 29.6 Å². The maximum Gasteiger partial charge on any atom is 0.226 e. The number of aldehydes is 2. The van der Waals surface area contributed by atoms with Crippen molar-refractivity contribution in [3.05, 3.63) is 24.3 Å². The molecule has 1 aromatic carbocycles. The van der Waals surface area contributed by atoms with Crippen LogP contribution in [0.4, 0.5) is 5.69 Å². The van der Waals surface area contributed by atoms with Gasteiger partial charge in [-0.3, -0.25) is 24.0 Å². The molecule has 47 heavy (non-hydrogen) atoms. The first-order valence-corrected chi connectivity index (χ1v) is 15.7. The number of hydrogen-bond donors (Lipinski definition) is 5. The summed E-state index contributed by atoms with van der Waals surface area (Å²) >= 11 is 0. The molecule has 15 nitrogen and oxygen atoms in total. The highest BCUT2D eigenvalue weighted by atomic mass is 16.5. The number of Topliss-reactive ketones (excluding diaryl/α,β-unsaturated/α-hetero) is 1. The smallest absolute Gasteiger partial charge is 0.226 e. The standard InChI is InChI=1S/C32H48N4O11/c1-2-26(39)6-3-7-31(44)36-32(22-45-19-5-18-38,23-46-20-13-28(41)33-15-4-17-37)24-47-21-14-29(42)34-16-12-30(43)35-25-8-10-27(40)11-9-25/h8-11,17-18,40H,2-7,12-16,19-24H2,1H3,(H,33,41)(H,34,42)(H,35,43)(H,36,44). The number of amides is 4. The normalized spacial score (nSPS) is 11.9. The molecule has 0 aliphatic rings. The highest BCUT2D eigenvalue weighted by Crippen LogP contribution is 2.14.